The van der Waals surface area contributed by atoms with E-state index in [2.05, 4.69) is 15.2 Å². The first-order chi connectivity index (χ1) is 12.2. The van der Waals surface area contributed by atoms with Gasteiger partial charge in [0.1, 0.15) is 5.69 Å². The summed E-state index contributed by atoms with van der Waals surface area (Å²) in [6.07, 6.45) is 5.48. The van der Waals surface area contributed by atoms with E-state index in [0.29, 0.717) is 11.4 Å². The van der Waals surface area contributed by atoms with E-state index in [9.17, 15) is 4.39 Å². The molecule has 0 saturated heterocycles. The maximum absolute atomic E-state index is 14.9. The average molecular weight is 340 g/mol. The van der Waals surface area contributed by atoms with E-state index in [1.54, 1.807) is 6.20 Å². The van der Waals surface area contributed by atoms with Crippen molar-refractivity contribution in [1.82, 2.24) is 15.2 Å². The minimum Gasteiger partial charge on any atom is -0.328 e. The Balaban J connectivity index is 0.000000880. The molecule has 2 aromatic heterocycles. The number of aromatic nitrogens is 3. The monoisotopic (exact) mass is 340 g/mol. The first kappa shape index (κ1) is 17.5. The number of H-pyrrole nitrogens is 1. The summed E-state index contributed by atoms with van der Waals surface area (Å²) in [5, 5.41) is 8.14. The van der Waals surface area contributed by atoms with Crippen LogP contribution in [-0.2, 0) is 0 Å². The molecule has 0 amide bonds. The topological polar surface area (TPSA) is 67.6 Å². The third-order valence-corrected chi connectivity index (χ3v) is 4.79. The zero-order valence-electron chi connectivity index (χ0n) is 14.8. The Labute approximate surface area is 147 Å². The highest BCUT2D eigenvalue weighted by Crippen LogP contribution is 2.35. The van der Waals surface area contributed by atoms with Gasteiger partial charge in [-0.05, 0) is 43.9 Å². The summed E-state index contributed by atoms with van der Waals surface area (Å²) in [6, 6.07) is 9.81. The average Bonchev–Trinajstić information content (AvgIpc) is 3.05. The molecule has 0 radical (unpaired) electrons. The van der Waals surface area contributed by atoms with Gasteiger partial charge in [-0.2, -0.15) is 5.10 Å². The lowest BCUT2D eigenvalue weighted by atomic mass is 9.84. The summed E-state index contributed by atoms with van der Waals surface area (Å²) in [5.74, 6) is -0.0353. The number of hydrogen-bond donors (Lipinski definition) is 2. The molecule has 1 fully saturated rings. The first-order valence-corrected chi connectivity index (χ1v) is 9.07. The van der Waals surface area contributed by atoms with Crippen LogP contribution in [0.25, 0.3) is 22.2 Å². The number of aromatic amines is 1. The van der Waals surface area contributed by atoms with Gasteiger partial charge in [0, 0.05) is 29.1 Å². The second kappa shape index (κ2) is 7.74. The van der Waals surface area contributed by atoms with Crippen LogP contribution in [0, 0.1) is 5.82 Å². The fourth-order valence-electron chi connectivity index (χ4n) is 3.43. The van der Waals surface area contributed by atoms with Crippen molar-refractivity contribution in [3.63, 3.8) is 0 Å². The molecule has 1 saturated carbocycles. The fourth-order valence-corrected chi connectivity index (χ4v) is 3.43. The van der Waals surface area contributed by atoms with Crippen molar-refractivity contribution in [2.24, 2.45) is 5.73 Å². The van der Waals surface area contributed by atoms with Gasteiger partial charge >= 0.3 is 0 Å². The van der Waals surface area contributed by atoms with E-state index in [1.807, 2.05) is 44.2 Å². The van der Waals surface area contributed by atoms with Crippen LogP contribution < -0.4 is 5.73 Å². The highest BCUT2D eigenvalue weighted by atomic mass is 19.1. The van der Waals surface area contributed by atoms with Gasteiger partial charge in [0.2, 0.25) is 0 Å². The van der Waals surface area contributed by atoms with E-state index in [4.69, 9.17) is 5.73 Å². The lowest BCUT2D eigenvalue weighted by Crippen LogP contribution is -2.26. The minimum atomic E-state index is -0.228. The Morgan fingerprint density at radius 3 is 2.64 bits per heavy atom. The SMILES string of the molecule is CC.NC1CCC(c2[nH]nc(-c3ccc4ncccc4c3)c2F)CC1. The molecule has 0 atom stereocenters. The number of benzene rings is 1. The van der Waals surface area contributed by atoms with Gasteiger partial charge < -0.3 is 5.73 Å². The van der Waals surface area contributed by atoms with Crippen molar-refractivity contribution >= 4 is 10.9 Å². The largest absolute Gasteiger partial charge is 0.328 e. The van der Waals surface area contributed by atoms with Crippen molar-refractivity contribution < 1.29 is 4.39 Å². The molecule has 5 heteroatoms. The molecule has 3 N–H and O–H groups in total. The van der Waals surface area contributed by atoms with Gasteiger partial charge in [-0.15, -0.1) is 0 Å². The molecule has 0 aliphatic heterocycles. The Morgan fingerprint density at radius 2 is 1.88 bits per heavy atom. The zero-order valence-corrected chi connectivity index (χ0v) is 14.8. The predicted octanol–water partition coefficient (Wildman–Crippen LogP) is 4.78. The molecule has 132 valence electrons. The number of nitrogens with two attached hydrogens (primary N) is 1. The van der Waals surface area contributed by atoms with Gasteiger partial charge in [0.05, 0.1) is 11.2 Å². The number of pyridine rings is 1. The van der Waals surface area contributed by atoms with Crippen LogP contribution in [0.3, 0.4) is 0 Å². The number of hydrogen-bond acceptors (Lipinski definition) is 3. The smallest absolute Gasteiger partial charge is 0.172 e. The standard InChI is InChI=1S/C18H19FN4.C2H6/c19-16-17(11-3-6-14(20)7-4-11)22-23-18(16)13-5-8-15-12(10-13)2-1-9-21-15;1-2/h1-2,5,8-11,14H,3-4,6-7,20H2,(H,22,23);1-2H3. The van der Waals surface area contributed by atoms with E-state index in [0.717, 1.165) is 42.1 Å². The van der Waals surface area contributed by atoms with Crippen LogP contribution in [0.15, 0.2) is 36.5 Å². The van der Waals surface area contributed by atoms with Crippen molar-refractivity contribution in [3.8, 4) is 11.3 Å². The molecule has 0 unspecified atom stereocenters. The van der Waals surface area contributed by atoms with E-state index < -0.39 is 0 Å². The molecule has 3 aromatic rings. The molecular formula is C20H25FN4. The van der Waals surface area contributed by atoms with Crippen LogP contribution >= 0.6 is 0 Å². The summed E-state index contributed by atoms with van der Waals surface area (Å²) in [5.41, 5.74) is 8.62. The zero-order chi connectivity index (χ0) is 17.8. The summed E-state index contributed by atoms with van der Waals surface area (Å²) >= 11 is 0. The van der Waals surface area contributed by atoms with E-state index in [-0.39, 0.29) is 17.8 Å². The van der Waals surface area contributed by atoms with Crippen molar-refractivity contribution in [2.75, 3.05) is 0 Å². The molecule has 25 heavy (non-hydrogen) atoms. The molecule has 0 spiro atoms. The highest BCUT2D eigenvalue weighted by Gasteiger charge is 2.26. The second-order valence-electron chi connectivity index (χ2n) is 6.32. The predicted molar refractivity (Wildman–Crippen MR) is 99.8 cm³/mol. The maximum atomic E-state index is 14.9. The molecule has 2 heterocycles. The molecular weight excluding hydrogens is 315 g/mol. The van der Waals surface area contributed by atoms with E-state index in [1.165, 1.54) is 0 Å². The molecule has 1 aliphatic rings. The normalized spacial score (nSPS) is 20.2. The number of fused-ring (bicyclic) bond motifs is 1. The van der Waals surface area contributed by atoms with Gasteiger partial charge in [0.25, 0.3) is 0 Å². The van der Waals surface area contributed by atoms with Crippen molar-refractivity contribution in [2.45, 2.75) is 51.5 Å². The Morgan fingerprint density at radius 1 is 1.12 bits per heavy atom. The fraction of sp³-hybridized carbons (Fsp3) is 0.400. The number of nitrogens with one attached hydrogen (secondary N) is 1. The van der Waals surface area contributed by atoms with Gasteiger partial charge in [-0.1, -0.05) is 26.0 Å². The molecule has 1 aromatic carbocycles. The first-order valence-electron chi connectivity index (χ1n) is 9.07. The summed E-state index contributed by atoms with van der Waals surface area (Å²) < 4.78 is 14.9. The van der Waals surface area contributed by atoms with Gasteiger partial charge in [0.15, 0.2) is 5.82 Å². The lowest BCUT2D eigenvalue weighted by molar-refractivity contribution is 0.382. The van der Waals surface area contributed by atoms with Crippen LogP contribution in [-0.4, -0.2) is 21.2 Å². The molecule has 0 bridgehead atoms. The number of halogens is 1. The van der Waals surface area contributed by atoms with Gasteiger partial charge in [-0.3, -0.25) is 10.1 Å². The van der Waals surface area contributed by atoms with Crippen LogP contribution in [0.1, 0.15) is 51.1 Å². The maximum Gasteiger partial charge on any atom is 0.172 e. The lowest BCUT2D eigenvalue weighted by Gasteiger charge is -2.24. The van der Waals surface area contributed by atoms with Crippen LogP contribution in [0.2, 0.25) is 0 Å². The quantitative estimate of drug-likeness (QED) is 0.706. The number of rotatable bonds is 2. The number of nitrogens with zero attached hydrogens (tertiary/aromatic N) is 2. The third kappa shape index (κ3) is 3.56. The third-order valence-electron chi connectivity index (χ3n) is 4.79. The van der Waals surface area contributed by atoms with Gasteiger partial charge in [-0.25, -0.2) is 4.39 Å². The highest BCUT2D eigenvalue weighted by molar-refractivity contribution is 5.83. The van der Waals surface area contributed by atoms with Crippen molar-refractivity contribution in [3.05, 3.63) is 48.0 Å². The molecule has 4 rings (SSSR count). The second-order valence-corrected chi connectivity index (χ2v) is 6.32. The molecule has 1 aliphatic carbocycles. The Hall–Kier alpha value is -2.27. The summed E-state index contributed by atoms with van der Waals surface area (Å²) in [4.78, 5) is 4.29. The van der Waals surface area contributed by atoms with E-state index >= 15 is 0 Å². The Bertz CT molecular complexity index is 835. The Kier molecular flexibility index (Phi) is 5.43. The summed E-state index contributed by atoms with van der Waals surface area (Å²) in [7, 11) is 0. The minimum absolute atomic E-state index is 0.193. The van der Waals surface area contributed by atoms with Crippen molar-refractivity contribution in [1.29, 1.82) is 0 Å². The van der Waals surface area contributed by atoms with Crippen LogP contribution in [0.5, 0.6) is 0 Å². The van der Waals surface area contributed by atoms with Crippen LogP contribution in [0.4, 0.5) is 4.39 Å². The molecule has 4 nitrogen and oxygen atoms in total. The summed E-state index contributed by atoms with van der Waals surface area (Å²) in [6.45, 7) is 4.00.